The molecule has 4 nitrogen and oxygen atoms in total. The molecule has 2 saturated carbocycles. The van der Waals surface area contributed by atoms with Crippen molar-refractivity contribution < 1.29 is 9.59 Å². The maximum atomic E-state index is 12.3. The average Bonchev–Trinajstić information content (AvgIpc) is 3.15. The largest absolute Gasteiger partial charge is 0.353 e. The van der Waals surface area contributed by atoms with Crippen molar-refractivity contribution in [3.8, 4) is 0 Å². The molecule has 0 bridgehead atoms. The number of nitrogens with one attached hydrogen (secondary N) is 2. The number of carbonyl (C=O) groups excluding carboxylic acids is 2. The fraction of sp³-hybridized carbons (Fsp3) is 0.556. The molecule has 0 aliphatic heterocycles. The third-order valence-corrected chi connectivity index (χ3v) is 5.03. The highest BCUT2D eigenvalue weighted by atomic mass is 16.2. The molecule has 3 rings (SSSR count). The first-order chi connectivity index (χ1) is 10.6. The molecule has 2 fully saturated rings. The number of hydrogen-bond acceptors (Lipinski definition) is 2. The summed E-state index contributed by atoms with van der Waals surface area (Å²) in [6.07, 6.45) is 5.24. The van der Waals surface area contributed by atoms with Crippen LogP contribution in [0.5, 0.6) is 0 Å². The van der Waals surface area contributed by atoms with Crippen LogP contribution in [-0.2, 0) is 9.59 Å². The third-order valence-electron chi connectivity index (χ3n) is 5.03. The van der Waals surface area contributed by atoms with E-state index in [2.05, 4.69) is 10.6 Å². The first-order valence-corrected chi connectivity index (χ1v) is 8.23. The van der Waals surface area contributed by atoms with Crippen molar-refractivity contribution in [3.63, 3.8) is 0 Å². The Balaban J connectivity index is 1.54. The lowest BCUT2D eigenvalue weighted by atomic mass is 10.1. The molecular weight excluding hydrogens is 276 g/mol. The summed E-state index contributed by atoms with van der Waals surface area (Å²) in [5, 5.41) is 6.06. The molecule has 0 saturated heterocycles. The van der Waals surface area contributed by atoms with Crippen LogP contribution in [0.15, 0.2) is 18.2 Å². The van der Waals surface area contributed by atoms with Gasteiger partial charge in [-0.3, -0.25) is 9.59 Å². The number of amides is 2. The zero-order valence-electron chi connectivity index (χ0n) is 13.3. The summed E-state index contributed by atoms with van der Waals surface area (Å²) >= 11 is 0. The quantitative estimate of drug-likeness (QED) is 0.898. The Bertz CT molecular complexity index is 591. The lowest BCUT2D eigenvalue weighted by Gasteiger charge is -2.12. The SMILES string of the molecule is Cc1cccc(NC(=O)C2CC2C(=O)NC2CCCC2)c1C. The summed E-state index contributed by atoms with van der Waals surface area (Å²) < 4.78 is 0. The van der Waals surface area contributed by atoms with Crippen molar-refractivity contribution in [1.29, 1.82) is 0 Å². The van der Waals surface area contributed by atoms with Gasteiger partial charge in [-0.25, -0.2) is 0 Å². The number of benzene rings is 1. The Morgan fingerprint density at radius 1 is 1.05 bits per heavy atom. The smallest absolute Gasteiger partial charge is 0.228 e. The highest BCUT2D eigenvalue weighted by Crippen LogP contribution is 2.40. The van der Waals surface area contributed by atoms with Gasteiger partial charge in [0.1, 0.15) is 0 Å². The number of rotatable bonds is 4. The molecule has 2 aliphatic carbocycles. The van der Waals surface area contributed by atoms with E-state index in [4.69, 9.17) is 0 Å². The molecule has 1 aromatic rings. The second-order valence-electron chi connectivity index (χ2n) is 6.68. The summed E-state index contributed by atoms with van der Waals surface area (Å²) in [5.41, 5.74) is 3.10. The van der Waals surface area contributed by atoms with E-state index in [1.54, 1.807) is 0 Å². The van der Waals surface area contributed by atoms with E-state index >= 15 is 0 Å². The maximum Gasteiger partial charge on any atom is 0.228 e. The van der Waals surface area contributed by atoms with E-state index in [-0.39, 0.29) is 23.7 Å². The molecular formula is C18H24N2O2. The highest BCUT2D eigenvalue weighted by molar-refractivity contribution is 6.00. The molecule has 2 amide bonds. The van der Waals surface area contributed by atoms with E-state index in [9.17, 15) is 9.59 Å². The topological polar surface area (TPSA) is 58.2 Å². The summed E-state index contributed by atoms with van der Waals surface area (Å²) in [6.45, 7) is 4.03. The third kappa shape index (κ3) is 3.16. The van der Waals surface area contributed by atoms with Gasteiger partial charge in [-0.2, -0.15) is 0 Å². The zero-order valence-corrected chi connectivity index (χ0v) is 13.3. The van der Waals surface area contributed by atoms with E-state index < -0.39 is 0 Å². The Morgan fingerprint density at radius 3 is 2.45 bits per heavy atom. The van der Waals surface area contributed by atoms with Crippen molar-refractivity contribution in [2.75, 3.05) is 5.32 Å². The Morgan fingerprint density at radius 2 is 1.73 bits per heavy atom. The first kappa shape index (κ1) is 15.1. The molecule has 22 heavy (non-hydrogen) atoms. The number of anilines is 1. The van der Waals surface area contributed by atoms with Crippen LogP contribution in [-0.4, -0.2) is 17.9 Å². The summed E-state index contributed by atoms with van der Waals surface area (Å²) in [5.74, 6) is -0.264. The Kier molecular flexibility index (Phi) is 4.19. The van der Waals surface area contributed by atoms with Crippen molar-refractivity contribution in [2.45, 2.75) is 52.0 Å². The van der Waals surface area contributed by atoms with Gasteiger partial charge in [0.25, 0.3) is 0 Å². The number of aryl methyl sites for hydroxylation is 1. The van der Waals surface area contributed by atoms with Crippen LogP contribution in [0.2, 0.25) is 0 Å². The summed E-state index contributed by atoms with van der Waals surface area (Å²) in [7, 11) is 0. The molecule has 118 valence electrons. The molecule has 2 unspecified atom stereocenters. The molecule has 0 heterocycles. The van der Waals surface area contributed by atoms with Gasteiger partial charge in [0.05, 0.1) is 11.8 Å². The lowest BCUT2D eigenvalue weighted by molar-refractivity contribution is -0.125. The minimum absolute atomic E-state index is 0.0275. The van der Waals surface area contributed by atoms with Crippen LogP contribution in [0.4, 0.5) is 5.69 Å². The van der Waals surface area contributed by atoms with Gasteiger partial charge in [0.15, 0.2) is 0 Å². The minimum atomic E-state index is -0.165. The second kappa shape index (κ2) is 6.11. The number of carbonyl (C=O) groups is 2. The molecule has 1 aromatic carbocycles. The predicted molar refractivity (Wildman–Crippen MR) is 86.5 cm³/mol. The Labute approximate surface area is 131 Å². The monoisotopic (exact) mass is 300 g/mol. The van der Waals surface area contributed by atoms with Gasteiger partial charge in [0, 0.05) is 11.7 Å². The van der Waals surface area contributed by atoms with Gasteiger partial charge in [-0.15, -0.1) is 0 Å². The standard InChI is InChI=1S/C18H24N2O2/c1-11-6-5-9-16(12(11)2)20-18(22)15-10-14(15)17(21)19-13-7-3-4-8-13/h5-6,9,13-15H,3-4,7-8,10H2,1-2H3,(H,19,21)(H,20,22). The summed E-state index contributed by atoms with van der Waals surface area (Å²) in [4.78, 5) is 24.5. The van der Waals surface area contributed by atoms with Crippen molar-refractivity contribution in [1.82, 2.24) is 5.32 Å². The lowest BCUT2D eigenvalue weighted by Crippen LogP contribution is -2.34. The van der Waals surface area contributed by atoms with Crippen molar-refractivity contribution in [3.05, 3.63) is 29.3 Å². The van der Waals surface area contributed by atoms with Gasteiger partial charge in [0.2, 0.25) is 11.8 Å². The van der Waals surface area contributed by atoms with Crippen LogP contribution in [0.3, 0.4) is 0 Å². The molecule has 4 heteroatoms. The van der Waals surface area contributed by atoms with Gasteiger partial charge in [-0.1, -0.05) is 25.0 Å². The van der Waals surface area contributed by atoms with E-state index in [0.29, 0.717) is 12.5 Å². The van der Waals surface area contributed by atoms with Crippen molar-refractivity contribution in [2.24, 2.45) is 11.8 Å². The molecule has 2 aliphatic rings. The molecule has 2 atom stereocenters. The molecule has 0 aromatic heterocycles. The normalized spacial score (nSPS) is 24.1. The van der Waals surface area contributed by atoms with Gasteiger partial charge < -0.3 is 10.6 Å². The maximum absolute atomic E-state index is 12.3. The van der Waals surface area contributed by atoms with E-state index in [1.165, 1.54) is 12.8 Å². The number of hydrogen-bond donors (Lipinski definition) is 2. The first-order valence-electron chi connectivity index (χ1n) is 8.23. The molecule has 2 N–H and O–H groups in total. The minimum Gasteiger partial charge on any atom is -0.353 e. The van der Waals surface area contributed by atoms with Crippen molar-refractivity contribution >= 4 is 17.5 Å². The fourth-order valence-corrected chi connectivity index (χ4v) is 3.26. The second-order valence-corrected chi connectivity index (χ2v) is 6.68. The van der Waals surface area contributed by atoms with Crippen LogP contribution >= 0.6 is 0 Å². The van der Waals surface area contributed by atoms with Gasteiger partial charge in [-0.05, 0) is 50.3 Å². The van der Waals surface area contributed by atoms with Crippen LogP contribution in [0.1, 0.15) is 43.2 Å². The predicted octanol–water partition coefficient (Wildman–Crippen LogP) is 2.94. The van der Waals surface area contributed by atoms with Gasteiger partial charge >= 0.3 is 0 Å². The average molecular weight is 300 g/mol. The molecule has 0 radical (unpaired) electrons. The zero-order chi connectivity index (χ0) is 15.7. The Hall–Kier alpha value is -1.84. The summed E-state index contributed by atoms with van der Waals surface area (Å²) in [6, 6.07) is 6.21. The van der Waals surface area contributed by atoms with E-state index in [1.807, 2.05) is 32.0 Å². The van der Waals surface area contributed by atoms with Crippen LogP contribution in [0, 0.1) is 25.7 Å². The van der Waals surface area contributed by atoms with Crippen LogP contribution in [0.25, 0.3) is 0 Å². The van der Waals surface area contributed by atoms with Crippen LogP contribution < -0.4 is 10.6 Å². The fourth-order valence-electron chi connectivity index (χ4n) is 3.26. The molecule has 0 spiro atoms. The van der Waals surface area contributed by atoms with E-state index in [0.717, 1.165) is 29.7 Å². The highest BCUT2D eigenvalue weighted by Gasteiger charge is 2.48.